The summed E-state index contributed by atoms with van der Waals surface area (Å²) < 4.78 is 0. The highest BCUT2D eigenvalue weighted by atomic mass is 35.5. The van der Waals surface area contributed by atoms with Crippen molar-refractivity contribution in [3.8, 4) is 0 Å². The van der Waals surface area contributed by atoms with E-state index in [1.54, 1.807) is 6.07 Å². The Labute approximate surface area is 80.7 Å². The van der Waals surface area contributed by atoms with Crippen molar-refractivity contribution in [3.63, 3.8) is 0 Å². The van der Waals surface area contributed by atoms with E-state index in [0.29, 0.717) is 5.15 Å². The summed E-state index contributed by atoms with van der Waals surface area (Å²) in [5, 5.41) is 8.80. The molecule has 3 nitrogen and oxygen atoms in total. The van der Waals surface area contributed by atoms with Crippen LogP contribution in [0.2, 0.25) is 5.15 Å². The molecule has 0 fully saturated rings. The van der Waals surface area contributed by atoms with Gasteiger partial charge in [0.1, 0.15) is 5.15 Å². The van der Waals surface area contributed by atoms with Crippen molar-refractivity contribution in [1.29, 1.82) is 0 Å². The fourth-order valence-corrected chi connectivity index (χ4v) is 0.942. The fourth-order valence-electron chi connectivity index (χ4n) is 0.839. The van der Waals surface area contributed by atoms with Gasteiger partial charge in [0, 0.05) is 12.3 Å². The first-order valence-corrected chi connectivity index (χ1v) is 4.00. The topological polar surface area (TPSA) is 50.2 Å². The van der Waals surface area contributed by atoms with Crippen LogP contribution >= 0.6 is 11.6 Å². The number of aromatic nitrogens is 1. The molecule has 0 bridgehead atoms. The van der Waals surface area contributed by atoms with Crippen molar-refractivity contribution in [2.45, 2.75) is 6.92 Å². The van der Waals surface area contributed by atoms with Crippen LogP contribution in [0.1, 0.15) is 11.1 Å². The van der Waals surface area contributed by atoms with Gasteiger partial charge in [0.2, 0.25) is 0 Å². The lowest BCUT2D eigenvalue weighted by atomic mass is 10.2. The number of hydrogen-bond donors (Lipinski definition) is 1. The highest BCUT2D eigenvalue weighted by molar-refractivity contribution is 6.30. The maximum absolute atomic E-state index is 10.2. The summed E-state index contributed by atoms with van der Waals surface area (Å²) in [4.78, 5) is 14.1. The number of pyridine rings is 1. The van der Waals surface area contributed by atoms with E-state index in [1.165, 1.54) is 12.3 Å². The first-order valence-electron chi connectivity index (χ1n) is 3.63. The van der Waals surface area contributed by atoms with Crippen molar-refractivity contribution in [3.05, 3.63) is 34.6 Å². The molecule has 4 heteroatoms. The molecule has 0 saturated heterocycles. The third kappa shape index (κ3) is 2.87. The summed E-state index contributed by atoms with van der Waals surface area (Å²) in [6, 6.07) is 1.77. The van der Waals surface area contributed by atoms with Crippen molar-refractivity contribution < 1.29 is 9.90 Å². The molecule has 1 aromatic heterocycles. The van der Waals surface area contributed by atoms with Gasteiger partial charge in [-0.25, -0.2) is 9.78 Å². The number of halogens is 1. The molecule has 1 aromatic rings. The predicted molar refractivity (Wildman–Crippen MR) is 50.7 cm³/mol. The molecule has 0 spiro atoms. The van der Waals surface area contributed by atoms with Crippen LogP contribution in [0.15, 0.2) is 18.3 Å². The fraction of sp³-hybridized carbons (Fsp3) is 0.111. The Morgan fingerprint density at radius 1 is 1.69 bits per heavy atom. The number of carboxylic acid groups (broad SMARTS) is 1. The van der Waals surface area contributed by atoms with Crippen LogP contribution in [0, 0.1) is 6.92 Å². The number of carboxylic acids is 1. The smallest absolute Gasteiger partial charge is 0.328 e. The van der Waals surface area contributed by atoms with Crippen LogP contribution in [0.3, 0.4) is 0 Å². The number of carbonyl (C=O) groups is 1. The standard InChI is InChI=1S/C9H8ClNO2/c1-6-4-7(2-3-8(12)13)5-11-9(6)10/h2-5H,1H3,(H,12,13)/b3-2+. The lowest BCUT2D eigenvalue weighted by Crippen LogP contribution is -1.87. The second-order valence-corrected chi connectivity index (χ2v) is 2.91. The maximum Gasteiger partial charge on any atom is 0.328 e. The minimum absolute atomic E-state index is 0.437. The number of rotatable bonds is 2. The summed E-state index contributed by atoms with van der Waals surface area (Å²) in [5.74, 6) is -0.979. The molecule has 1 N–H and O–H groups in total. The average molecular weight is 198 g/mol. The Kier molecular flexibility index (Phi) is 3.03. The molecule has 0 unspecified atom stereocenters. The number of hydrogen-bond acceptors (Lipinski definition) is 2. The van der Waals surface area contributed by atoms with E-state index in [9.17, 15) is 4.79 Å². The molecule has 0 radical (unpaired) electrons. The van der Waals surface area contributed by atoms with Gasteiger partial charge in [-0.1, -0.05) is 11.6 Å². The second-order valence-electron chi connectivity index (χ2n) is 2.55. The zero-order chi connectivity index (χ0) is 9.84. The molecule has 0 aliphatic carbocycles. The van der Waals surface area contributed by atoms with Crippen LogP contribution in [-0.2, 0) is 4.79 Å². The highest BCUT2D eigenvalue weighted by Gasteiger charge is 1.96. The molecule has 1 heterocycles. The van der Waals surface area contributed by atoms with Crippen LogP contribution in [0.5, 0.6) is 0 Å². The molecule has 0 aromatic carbocycles. The maximum atomic E-state index is 10.2. The van der Waals surface area contributed by atoms with Gasteiger partial charge in [0.15, 0.2) is 0 Å². The summed E-state index contributed by atoms with van der Waals surface area (Å²) in [6.45, 7) is 1.81. The van der Waals surface area contributed by atoms with E-state index in [2.05, 4.69) is 4.98 Å². The minimum atomic E-state index is -0.979. The Balaban J connectivity index is 2.92. The van der Waals surface area contributed by atoms with E-state index in [4.69, 9.17) is 16.7 Å². The van der Waals surface area contributed by atoms with Gasteiger partial charge in [-0.2, -0.15) is 0 Å². The monoisotopic (exact) mass is 197 g/mol. The van der Waals surface area contributed by atoms with Crippen molar-refractivity contribution >= 4 is 23.6 Å². The SMILES string of the molecule is Cc1cc(/C=C/C(=O)O)cnc1Cl. The Bertz CT molecular complexity index is 361. The Hall–Kier alpha value is -1.35. The molecule has 13 heavy (non-hydrogen) atoms. The first-order chi connectivity index (χ1) is 6.09. The lowest BCUT2D eigenvalue weighted by molar-refractivity contribution is -0.131. The first kappa shape index (κ1) is 9.74. The van der Waals surface area contributed by atoms with E-state index in [1.807, 2.05) is 6.92 Å². The molecule has 1 rings (SSSR count). The molecule has 0 amide bonds. The zero-order valence-electron chi connectivity index (χ0n) is 6.99. The molecular formula is C9H8ClNO2. The predicted octanol–water partition coefficient (Wildman–Crippen LogP) is 2.14. The highest BCUT2D eigenvalue weighted by Crippen LogP contribution is 2.13. The van der Waals surface area contributed by atoms with Gasteiger partial charge in [-0.3, -0.25) is 0 Å². The van der Waals surface area contributed by atoms with Crippen LogP contribution < -0.4 is 0 Å². The van der Waals surface area contributed by atoms with E-state index in [-0.39, 0.29) is 0 Å². The van der Waals surface area contributed by atoms with E-state index in [0.717, 1.165) is 17.2 Å². The molecule has 0 aliphatic rings. The number of aryl methyl sites for hydroxylation is 1. The Morgan fingerprint density at radius 2 is 2.38 bits per heavy atom. The molecule has 0 aliphatic heterocycles. The molecule has 0 saturated carbocycles. The zero-order valence-corrected chi connectivity index (χ0v) is 7.75. The van der Waals surface area contributed by atoms with Gasteiger partial charge in [0.05, 0.1) is 0 Å². The van der Waals surface area contributed by atoms with Crippen LogP contribution in [0.25, 0.3) is 6.08 Å². The molecule has 0 atom stereocenters. The van der Waals surface area contributed by atoms with Gasteiger partial charge < -0.3 is 5.11 Å². The molecular weight excluding hydrogens is 190 g/mol. The van der Waals surface area contributed by atoms with Crippen molar-refractivity contribution in [2.24, 2.45) is 0 Å². The van der Waals surface area contributed by atoms with E-state index < -0.39 is 5.97 Å². The number of aliphatic carboxylic acids is 1. The van der Waals surface area contributed by atoms with Gasteiger partial charge in [0.25, 0.3) is 0 Å². The summed E-state index contributed by atoms with van der Waals surface area (Å²) in [7, 11) is 0. The normalized spacial score (nSPS) is 10.6. The quantitative estimate of drug-likeness (QED) is 0.584. The second kappa shape index (κ2) is 4.05. The minimum Gasteiger partial charge on any atom is -0.478 e. The van der Waals surface area contributed by atoms with Gasteiger partial charge in [-0.15, -0.1) is 0 Å². The summed E-state index contributed by atoms with van der Waals surface area (Å²) in [6.07, 6.45) is 4.05. The van der Waals surface area contributed by atoms with Crippen molar-refractivity contribution in [1.82, 2.24) is 4.98 Å². The van der Waals surface area contributed by atoms with Crippen LogP contribution in [0.4, 0.5) is 0 Å². The molecule has 68 valence electrons. The van der Waals surface area contributed by atoms with Gasteiger partial charge in [-0.05, 0) is 30.2 Å². The van der Waals surface area contributed by atoms with Crippen LogP contribution in [-0.4, -0.2) is 16.1 Å². The van der Waals surface area contributed by atoms with Gasteiger partial charge >= 0.3 is 5.97 Å². The lowest BCUT2D eigenvalue weighted by Gasteiger charge is -1.97. The Morgan fingerprint density at radius 3 is 2.92 bits per heavy atom. The summed E-state index contributed by atoms with van der Waals surface area (Å²) in [5.41, 5.74) is 1.55. The third-order valence-electron chi connectivity index (χ3n) is 1.45. The van der Waals surface area contributed by atoms with E-state index >= 15 is 0 Å². The summed E-state index contributed by atoms with van der Waals surface area (Å²) >= 11 is 5.69. The average Bonchev–Trinajstić information content (AvgIpc) is 2.07. The van der Waals surface area contributed by atoms with Crippen molar-refractivity contribution in [2.75, 3.05) is 0 Å². The third-order valence-corrected chi connectivity index (χ3v) is 1.85. The number of nitrogens with zero attached hydrogens (tertiary/aromatic N) is 1. The largest absolute Gasteiger partial charge is 0.478 e.